The second kappa shape index (κ2) is 4.06. The summed E-state index contributed by atoms with van der Waals surface area (Å²) in [6.45, 7) is 0. The summed E-state index contributed by atoms with van der Waals surface area (Å²) in [5, 5.41) is 0.305. The van der Waals surface area contributed by atoms with Crippen LogP contribution in [0.1, 0.15) is 0 Å². The number of aromatic nitrogens is 1. The maximum absolute atomic E-state index is 13.6. The molecule has 82 valence electrons. The van der Waals surface area contributed by atoms with Crippen molar-refractivity contribution in [3.63, 3.8) is 0 Å². The second-order valence-corrected chi connectivity index (χ2v) is 3.58. The molecule has 2 N–H and O–H groups in total. The standard InChI is InChI=1S/C11H7ClF2N2/c12-9-4-1-6(5-16-9)7-2-3-8(13)11(15)10(7)14/h1-5H,15H2. The molecule has 0 spiro atoms. The van der Waals surface area contributed by atoms with Gasteiger partial charge in [0.1, 0.15) is 16.7 Å². The van der Waals surface area contributed by atoms with Crippen LogP contribution < -0.4 is 5.73 Å². The highest BCUT2D eigenvalue weighted by atomic mass is 35.5. The van der Waals surface area contributed by atoms with Crippen LogP contribution in [0, 0.1) is 11.6 Å². The number of anilines is 1. The minimum Gasteiger partial charge on any atom is -0.394 e. The lowest BCUT2D eigenvalue weighted by Gasteiger charge is -2.06. The SMILES string of the molecule is Nc1c(F)ccc(-c2ccc(Cl)nc2)c1F. The van der Waals surface area contributed by atoms with E-state index >= 15 is 0 Å². The van der Waals surface area contributed by atoms with Crippen molar-refractivity contribution in [2.45, 2.75) is 0 Å². The van der Waals surface area contributed by atoms with Crippen molar-refractivity contribution in [1.82, 2.24) is 4.98 Å². The number of nitrogens with two attached hydrogens (primary N) is 1. The molecule has 16 heavy (non-hydrogen) atoms. The minimum absolute atomic E-state index is 0.197. The van der Waals surface area contributed by atoms with Gasteiger partial charge in [0.15, 0.2) is 5.82 Å². The third kappa shape index (κ3) is 1.84. The zero-order chi connectivity index (χ0) is 11.7. The van der Waals surface area contributed by atoms with Gasteiger partial charge in [-0.15, -0.1) is 0 Å². The van der Waals surface area contributed by atoms with Gasteiger partial charge in [-0.3, -0.25) is 0 Å². The first-order chi connectivity index (χ1) is 7.59. The number of halogens is 3. The number of rotatable bonds is 1. The molecule has 0 atom stereocenters. The zero-order valence-electron chi connectivity index (χ0n) is 8.05. The van der Waals surface area contributed by atoms with Gasteiger partial charge in [-0.1, -0.05) is 11.6 Å². The molecule has 2 rings (SSSR count). The summed E-state index contributed by atoms with van der Waals surface area (Å²) < 4.78 is 26.6. The summed E-state index contributed by atoms with van der Waals surface area (Å²) >= 11 is 5.61. The molecule has 0 bridgehead atoms. The topological polar surface area (TPSA) is 38.9 Å². The van der Waals surface area contributed by atoms with Crippen molar-refractivity contribution < 1.29 is 8.78 Å². The molecule has 0 aliphatic heterocycles. The molecule has 1 aromatic carbocycles. The van der Waals surface area contributed by atoms with Gasteiger partial charge in [-0.2, -0.15) is 0 Å². The third-order valence-electron chi connectivity index (χ3n) is 2.16. The fourth-order valence-electron chi connectivity index (χ4n) is 1.33. The zero-order valence-corrected chi connectivity index (χ0v) is 8.80. The molecule has 0 saturated carbocycles. The Labute approximate surface area is 95.7 Å². The Morgan fingerprint density at radius 2 is 1.88 bits per heavy atom. The van der Waals surface area contributed by atoms with Gasteiger partial charge in [0.05, 0.1) is 0 Å². The van der Waals surface area contributed by atoms with Crippen molar-refractivity contribution in [2.75, 3.05) is 5.73 Å². The molecule has 2 aromatic rings. The lowest BCUT2D eigenvalue weighted by atomic mass is 10.1. The van der Waals surface area contributed by atoms with E-state index in [0.717, 1.165) is 6.07 Å². The molecule has 1 heterocycles. The predicted molar refractivity (Wildman–Crippen MR) is 59.0 cm³/mol. The van der Waals surface area contributed by atoms with Crippen LogP contribution in [0.3, 0.4) is 0 Å². The van der Waals surface area contributed by atoms with Gasteiger partial charge in [0.2, 0.25) is 0 Å². The van der Waals surface area contributed by atoms with Crippen LogP contribution in [0.4, 0.5) is 14.5 Å². The van der Waals surface area contributed by atoms with E-state index in [1.807, 2.05) is 0 Å². The highest BCUT2D eigenvalue weighted by Gasteiger charge is 2.12. The highest BCUT2D eigenvalue weighted by molar-refractivity contribution is 6.29. The maximum atomic E-state index is 13.6. The lowest BCUT2D eigenvalue weighted by molar-refractivity contribution is 0.594. The number of pyridine rings is 1. The molecule has 1 aromatic heterocycles. The number of nitrogen functional groups attached to an aromatic ring is 1. The third-order valence-corrected chi connectivity index (χ3v) is 2.39. The molecule has 0 radical (unpaired) electrons. The van der Waals surface area contributed by atoms with Crippen LogP contribution >= 0.6 is 11.6 Å². The van der Waals surface area contributed by atoms with Gasteiger partial charge in [-0.25, -0.2) is 13.8 Å². The second-order valence-electron chi connectivity index (χ2n) is 3.19. The first-order valence-corrected chi connectivity index (χ1v) is 4.83. The Hall–Kier alpha value is -1.68. The minimum atomic E-state index is -0.788. The van der Waals surface area contributed by atoms with E-state index < -0.39 is 17.3 Å². The van der Waals surface area contributed by atoms with E-state index in [1.54, 1.807) is 6.07 Å². The van der Waals surface area contributed by atoms with E-state index in [4.69, 9.17) is 17.3 Å². The molecule has 0 unspecified atom stereocenters. The van der Waals surface area contributed by atoms with Gasteiger partial charge < -0.3 is 5.73 Å². The molecular weight excluding hydrogens is 234 g/mol. The summed E-state index contributed by atoms with van der Waals surface area (Å²) in [4.78, 5) is 3.81. The summed E-state index contributed by atoms with van der Waals surface area (Å²) in [5.74, 6) is -1.56. The van der Waals surface area contributed by atoms with E-state index in [2.05, 4.69) is 4.98 Å². The fraction of sp³-hybridized carbons (Fsp3) is 0. The van der Waals surface area contributed by atoms with Gasteiger partial charge in [0.25, 0.3) is 0 Å². The largest absolute Gasteiger partial charge is 0.394 e. The summed E-state index contributed by atoms with van der Waals surface area (Å²) in [6, 6.07) is 5.54. The first-order valence-electron chi connectivity index (χ1n) is 4.45. The predicted octanol–water partition coefficient (Wildman–Crippen LogP) is 3.26. The van der Waals surface area contributed by atoms with E-state index in [0.29, 0.717) is 10.7 Å². The molecule has 0 aliphatic rings. The summed E-state index contributed by atoms with van der Waals surface area (Å²) in [5.41, 5.74) is 5.45. The van der Waals surface area contributed by atoms with Gasteiger partial charge >= 0.3 is 0 Å². The molecule has 0 fully saturated rings. The average Bonchev–Trinajstić information content (AvgIpc) is 2.28. The lowest BCUT2D eigenvalue weighted by Crippen LogP contribution is -1.97. The van der Waals surface area contributed by atoms with Crippen molar-refractivity contribution in [1.29, 1.82) is 0 Å². The van der Waals surface area contributed by atoms with Crippen LogP contribution in [-0.2, 0) is 0 Å². The number of hydrogen-bond acceptors (Lipinski definition) is 2. The summed E-state index contributed by atoms with van der Waals surface area (Å²) in [7, 11) is 0. The van der Waals surface area contributed by atoms with Gasteiger partial charge in [-0.05, 0) is 24.3 Å². The molecule has 5 heteroatoms. The van der Waals surface area contributed by atoms with Crippen molar-refractivity contribution in [2.24, 2.45) is 0 Å². The average molecular weight is 241 g/mol. The smallest absolute Gasteiger partial charge is 0.156 e. The van der Waals surface area contributed by atoms with Crippen LogP contribution in [-0.4, -0.2) is 4.98 Å². The van der Waals surface area contributed by atoms with E-state index in [-0.39, 0.29) is 5.56 Å². The molecule has 0 amide bonds. The van der Waals surface area contributed by atoms with Crippen LogP contribution in [0.25, 0.3) is 11.1 Å². The Morgan fingerprint density at radius 1 is 1.12 bits per heavy atom. The summed E-state index contributed by atoms with van der Waals surface area (Å²) in [6.07, 6.45) is 1.40. The van der Waals surface area contributed by atoms with Crippen molar-refractivity contribution in [3.05, 3.63) is 47.2 Å². The first kappa shape index (κ1) is 10.8. The number of hydrogen-bond donors (Lipinski definition) is 1. The maximum Gasteiger partial charge on any atom is 0.156 e. The monoisotopic (exact) mass is 240 g/mol. The Kier molecular flexibility index (Phi) is 2.75. The van der Waals surface area contributed by atoms with Crippen molar-refractivity contribution in [3.8, 4) is 11.1 Å². The van der Waals surface area contributed by atoms with E-state index in [9.17, 15) is 8.78 Å². The van der Waals surface area contributed by atoms with Crippen LogP contribution in [0.2, 0.25) is 5.15 Å². The van der Waals surface area contributed by atoms with Crippen LogP contribution in [0.5, 0.6) is 0 Å². The molecule has 0 aliphatic carbocycles. The Morgan fingerprint density at radius 3 is 2.50 bits per heavy atom. The fourth-order valence-corrected chi connectivity index (χ4v) is 1.44. The van der Waals surface area contributed by atoms with Gasteiger partial charge in [0, 0.05) is 17.3 Å². The van der Waals surface area contributed by atoms with Crippen molar-refractivity contribution >= 4 is 17.3 Å². The Balaban J connectivity index is 2.57. The molecular formula is C11H7ClF2N2. The van der Waals surface area contributed by atoms with E-state index in [1.165, 1.54) is 18.3 Å². The molecule has 2 nitrogen and oxygen atoms in total. The quantitative estimate of drug-likeness (QED) is 0.614. The number of nitrogens with zero attached hydrogens (tertiary/aromatic N) is 1. The normalized spacial score (nSPS) is 10.4. The van der Waals surface area contributed by atoms with Crippen LogP contribution in [0.15, 0.2) is 30.5 Å². The highest BCUT2D eigenvalue weighted by Crippen LogP contribution is 2.27. The molecule has 0 saturated heterocycles. The Bertz CT molecular complexity index is 526. The number of benzene rings is 1.